The van der Waals surface area contributed by atoms with Gasteiger partial charge in [-0.25, -0.2) is 4.79 Å². The van der Waals surface area contributed by atoms with Crippen molar-refractivity contribution in [2.75, 3.05) is 19.8 Å². The summed E-state index contributed by atoms with van der Waals surface area (Å²) in [6.45, 7) is 3.97. The van der Waals surface area contributed by atoms with Gasteiger partial charge in [-0.2, -0.15) is 0 Å². The van der Waals surface area contributed by atoms with Crippen LogP contribution in [-0.2, 0) is 9.53 Å². The second-order valence-corrected chi connectivity index (χ2v) is 4.07. The molecule has 1 saturated heterocycles. The van der Waals surface area contributed by atoms with Crippen LogP contribution >= 0.6 is 0 Å². The highest BCUT2D eigenvalue weighted by molar-refractivity contribution is 5.96. The van der Waals surface area contributed by atoms with E-state index >= 15 is 0 Å². The molecule has 4 N–H and O–H groups in total. The molecule has 0 spiro atoms. The Morgan fingerprint density at radius 1 is 1.56 bits per heavy atom. The number of amides is 3. The Balaban J connectivity index is 2.20. The Morgan fingerprint density at radius 2 is 2.31 bits per heavy atom. The smallest absolute Gasteiger partial charge is 0.318 e. The van der Waals surface area contributed by atoms with E-state index in [0.717, 1.165) is 26.1 Å². The Kier molecular flexibility index (Phi) is 5.21. The molecule has 0 aliphatic carbocycles. The van der Waals surface area contributed by atoms with E-state index in [0.29, 0.717) is 12.5 Å². The van der Waals surface area contributed by atoms with Crippen LogP contribution in [0.3, 0.4) is 0 Å². The topological polar surface area (TPSA) is 93.4 Å². The molecular weight excluding hydrogens is 210 g/mol. The Hall–Kier alpha value is -1.14. The Morgan fingerprint density at radius 3 is 2.88 bits per heavy atom. The normalized spacial score (nSPS) is 22.4. The lowest BCUT2D eigenvalue weighted by Gasteiger charge is -2.23. The number of urea groups is 1. The lowest BCUT2D eigenvalue weighted by atomic mass is 10.0. The molecule has 1 heterocycles. The van der Waals surface area contributed by atoms with Gasteiger partial charge in [-0.05, 0) is 25.7 Å². The number of carbonyl (C=O) groups excluding carboxylic acids is 2. The predicted octanol–water partition coefficient (Wildman–Crippen LogP) is -0.414. The fourth-order valence-electron chi connectivity index (χ4n) is 1.63. The molecule has 0 saturated carbocycles. The van der Waals surface area contributed by atoms with E-state index in [-0.39, 0.29) is 0 Å². The molecule has 6 nitrogen and oxygen atoms in total. The lowest BCUT2D eigenvalue weighted by Crippen LogP contribution is -2.48. The molecular formula is C10H19N3O3. The van der Waals surface area contributed by atoms with Gasteiger partial charge in [0, 0.05) is 13.2 Å². The summed E-state index contributed by atoms with van der Waals surface area (Å²) >= 11 is 0. The summed E-state index contributed by atoms with van der Waals surface area (Å²) in [4.78, 5) is 21.8. The van der Waals surface area contributed by atoms with Crippen molar-refractivity contribution < 1.29 is 14.3 Å². The van der Waals surface area contributed by atoms with E-state index in [1.165, 1.54) is 0 Å². The molecule has 1 fully saturated rings. The number of hydrogen-bond acceptors (Lipinski definition) is 4. The van der Waals surface area contributed by atoms with E-state index in [1.807, 2.05) is 5.32 Å². The van der Waals surface area contributed by atoms with Crippen LogP contribution in [0.2, 0.25) is 0 Å². The minimum atomic E-state index is -0.820. The number of ether oxygens (including phenoxy) is 1. The van der Waals surface area contributed by atoms with Gasteiger partial charge >= 0.3 is 6.03 Å². The van der Waals surface area contributed by atoms with Gasteiger partial charge in [-0.3, -0.25) is 10.1 Å². The standard InChI is InChI=1S/C10H19N3O3/c1-7(9(14)13-10(11)15)12-5-8-3-2-4-16-6-8/h7-8,12H,2-6H2,1H3,(H3,11,13,14,15). The van der Waals surface area contributed by atoms with Gasteiger partial charge in [0.1, 0.15) is 0 Å². The molecule has 1 rings (SSSR count). The van der Waals surface area contributed by atoms with E-state index in [9.17, 15) is 9.59 Å². The van der Waals surface area contributed by atoms with Crippen LogP contribution in [0.4, 0.5) is 4.79 Å². The minimum absolute atomic E-state index is 0.399. The van der Waals surface area contributed by atoms with Crippen LogP contribution in [0.1, 0.15) is 19.8 Å². The van der Waals surface area contributed by atoms with Gasteiger partial charge in [-0.15, -0.1) is 0 Å². The number of imide groups is 1. The van der Waals surface area contributed by atoms with Gasteiger partial charge in [0.2, 0.25) is 5.91 Å². The molecule has 16 heavy (non-hydrogen) atoms. The van der Waals surface area contributed by atoms with Crippen molar-refractivity contribution in [1.29, 1.82) is 0 Å². The first kappa shape index (κ1) is 12.9. The Bertz CT molecular complexity index is 252. The van der Waals surface area contributed by atoms with Gasteiger partial charge in [0.15, 0.2) is 0 Å². The maximum atomic E-state index is 11.3. The molecule has 0 aromatic rings. The lowest BCUT2D eigenvalue weighted by molar-refractivity contribution is -0.121. The van der Waals surface area contributed by atoms with Crippen molar-refractivity contribution in [3.05, 3.63) is 0 Å². The van der Waals surface area contributed by atoms with Gasteiger partial charge < -0.3 is 15.8 Å². The minimum Gasteiger partial charge on any atom is -0.381 e. The molecule has 92 valence electrons. The van der Waals surface area contributed by atoms with Gasteiger partial charge in [0.05, 0.1) is 12.6 Å². The summed E-state index contributed by atoms with van der Waals surface area (Å²) in [5.41, 5.74) is 4.85. The summed E-state index contributed by atoms with van der Waals surface area (Å²) < 4.78 is 5.32. The highest BCUT2D eigenvalue weighted by Gasteiger charge is 2.18. The molecule has 0 bridgehead atoms. The number of nitrogens with one attached hydrogen (secondary N) is 2. The van der Waals surface area contributed by atoms with Crippen molar-refractivity contribution >= 4 is 11.9 Å². The number of primary amides is 1. The van der Waals surface area contributed by atoms with Crippen molar-refractivity contribution in [3.8, 4) is 0 Å². The van der Waals surface area contributed by atoms with E-state index in [1.54, 1.807) is 6.92 Å². The second-order valence-electron chi connectivity index (χ2n) is 4.07. The number of carbonyl (C=O) groups is 2. The highest BCUT2D eigenvalue weighted by atomic mass is 16.5. The third kappa shape index (κ3) is 4.59. The van der Waals surface area contributed by atoms with Crippen LogP contribution in [0, 0.1) is 5.92 Å². The summed E-state index contributed by atoms with van der Waals surface area (Å²) in [6.07, 6.45) is 2.17. The maximum Gasteiger partial charge on any atom is 0.318 e. The molecule has 2 atom stereocenters. The summed E-state index contributed by atoms with van der Waals surface area (Å²) in [5, 5.41) is 5.09. The zero-order valence-electron chi connectivity index (χ0n) is 9.49. The predicted molar refractivity (Wildman–Crippen MR) is 58.7 cm³/mol. The fraction of sp³-hybridized carbons (Fsp3) is 0.800. The number of nitrogens with two attached hydrogens (primary N) is 1. The molecule has 0 aromatic carbocycles. The van der Waals surface area contributed by atoms with Crippen LogP contribution in [0.15, 0.2) is 0 Å². The van der Waals surface area contributed by atoms with Crippen LogP contribution in [-0.4, -0.2) is 37.7 Å². The average molecular weight is 229 g/mol. The first-order chi connectivity index (χ1) is 7.59. The SMILES string of the molecule is CC(NCC1CCCOC1)C(=O)NC(N)=O. The molecule has 1 aliphatic heterocycles. The van der Waals surface area contributed by atoms with E-state index in [2.05, 4.69) is 5.32 Å². The Labute approximate surface area is 94.9 Å². The van der Waals surface area contributed by atoms with Crippen LogP contribution in [0.25, 0.3) is 0 Å². The van der Waals surface area contributed by atoms with E-state index < -0.39 is 18.0 Å². The van der Waals surface area contributed by atoms with Crippen molar-refractivity contribution in [2.24, 2.45) is 11.7 Å². The monoisotopic (exact) mass is 229 g/mol. The summed E-state index contributed by atoms with van der Waals surface area (Å²) in [6, 6.07) is -1.24. The molecule has 0 aromatic heterocycles. The average Bonchev–Trinajstić information content (AvgIpc) is 2.26. The largest absolute Gasteiger partial charge is 0.381 e. The van der Waals surface area contributed by atoms with Gasteiger partial charge in [-0.1, -0.05) is 0 Å². The van der Waals surface area contributed by atoms with Crippen molar-refractivity contribution in [3.63, 3.8) is 0 Å². The third-order valence-corrected chi connectivity index (χ3v) is 2.61. The molecule has 1 aliphatic rings. The summed E-state index contributed by atoms with van der Waals surface area (Å²) in [7, 11) is 0. The molecule has 0 radical (unpaired) electrons. The second kappa shape index (κ2) is 6.44. The molecule has 3 amide bonds. The maximum absolute atomic E-state index is 11.3. The molecule has 2 unspecified atom stereocenters. The number of rotatable bonds is 4. The van der Waals surface area contributed by atoms with E-state index in [4.69, 9.17) is 10.5 Å². The van der Waals surface area contributed by atoms with Crippen LogP contribution in [0.5, 0.6) is 0 Å². The highest BCUT2D eigenvalue weighted by Crippen LogP contribution is 2.12. The van der Waals surface area contributed by atoms with Crippen LogP contribution < -0.4 is 16.4 Å². The number of hydrogen-bond donors (Lipinski definition) is 3. The quantitative estimate of drug-likeness (QED) is 0.610. The third-order valence-electron chi connectivity index (χ3n) is 2.61. The van der Waals surface area contributed by atoms with Crippen molar-refractivity contribution in [1.82, 2.24) is 10.6 Å². The molecule has 6 heteroatoms. The zero-order valence-corrected chi connectivity index (χ0v) is 9.49. The summed E-state index contributed by atoms with van der Waals surface area (Å²) in [5.74, 6) is 0.0433. The first-order valence-corrected chi connectivity index (χ1v) is 5.51. The zero-order chi connectivity index (χ0) is 12.0. The van der Waals surface area contributed by atoms with Gasteiger partial charge in [0.25, 0.3) is 0 Å². The fourth-order valence-corrected chi connectivity index (χ4v) is 1.63. The first-order valence-electron chi connectivity index (χ1n) is 5.51. The van der Waals surface area contributed by atoms with Crippen molar-refractivity contribution in [2.45, 2.75) is 25.8 Å².